The monoisotopic (exact) mass is 333 g/mol. The van der Waals surface area contributed by atoms with Crippen LogP contribution in [0.2, 0.25) is 0 Å². The van der Waals surface area contributed by atoms with E-state index in [-0.39, 0.29) is 17.3 Å². The average Bonchev–Trinajstić information content (AvgIpc) is 2.62. The predicted molar refractivity (Wildman–Crippen MR) is 94.0 cm³/mol. The topological polar surface area (TPSA) is 88.0 Å². The van der Waals surface area contributed by atoms with Crippen molar-refractivity contribution in [2.45, 2.75) is 6.92 Å². The number of hydrogen-bond donors (Lipinski definition) is 1. The quantitative estimate of drug-likeness (QED) is 0.937. The fraction of sp³-hybridized carbons (Fsp3) is 0.158. The SMILES string of the molecule is CCOc1cccc2cc(C3=NC(=O)C4C=CC=CC4=N3)c(=N)oc12. The lowest BCUT2D eigenvalue weighted by Gasteiger charge is -2.17. The molecule has 1 aromatic heterocycles. The molecule has 1 atom stereocenters. The van der Waals surface area contributed by atoms with Crippen molar-refractivity contribution in [1.82, 2.24) is 0 Å². The molecule has 6 heteroatoms. The molecule has 0 radical (unpaired) electrons. The number of rotatable bonds is 3. The van der Waals surface area contributed by atoms with Crippen molar-refractivity contribution < 1.29 is 13.9 Å². The number of ether oxygens (including phenoxy) is 1. The van der Waals surface area contributed by atoms with E-state index in [1.165, 1.54) is 0 Å². The minimum atomic E-state index is -0.440. The number of carbonyl (C=O) groups excluding carboxylic acids is 1. The Balaban J connectivity index is 1.85. The van der Waals surface area contributed by atoms with Gasteiger partial charge in [0.1, 0.15) is 5.92 Å². The summed E-state index contributed by atoms with van der Waals surface area (Å²) >= 11 is 0. The van der Waals surface area contributed by atoms with Crippen LogP contribution >= 0.6 is 0 Å². The molecule has 124 valence electrons. The molecule has 0 fully saturated rings. The van der Waals surface area contributed by atoms with E-state index < -0.39 is 5.92 Å². The third kappa shape index (κ3) is 2.61. The lowest BCUT2D eigenvalue weighted by atomic mass is 9.96. The Hall–Kier alpha value is -3.28. The summed E-state index contributed by atoms with van der Waals surface area (Å²) in [5.41, 5.74) is 1.39. The maximum absolute atomic E-state index is 12.3. The van der Waals surface area contributed by atoms with Crippen molar-refractivity contribution in [3.05, 3.63) is 59.7 Å². The number of para-hydroxylation sites is 1. The van der Waals surface area contributed by atoms with Gasteiger partial charge in [-0.15, -0.1) is 0 Å². The van der Waals surface area contributed by atoms with E-state index in [0.29, 0.717) is 29.2 Å². The van der Waals surface area contributed by atoms with Crippen molar-refractivity contribution in [3.63, 3.8) is 0 Å². The Bertz CT molecular complexity index is 1060. The molecule has 2 aliphatic rings. The van der Waals surface area contributed by atoms with Gasteiger partial charge in [0.2, 0.25) is 5.55 Å². The Morgan fingerprint density at radius 3 is 3.00 bits per heavy atom. The second-order valence-corrected chi connectivity index (χ2v) is 5.63. The van der Waals surface area contributed by atoms with E-state index in [0.717, 1.165) is 5.39 Å². The van der Waals surface area contributed by atoms with Gasteiger partial charge in [-0.1, -0.05) is 30.4 Å². The molecule has 1 aromatic carbocycles. The number of fused-ring (bicyclic) bond motifs is 2. The first-order valence-electron chi connectivity index (χ1n) is 7.98. The summed E-state index contributed by atoms with van der Waals surface area (Å²) in [7, 11) is 0. The summed E-state index contributed by atoms with van der Waals surface area (Å²) in [4.78, 5) is 20.8. The van der Waals surface area contributed by atoms with E-state index >= 15 is 0 Å². The first-order chi connectivity index (χ1) is 12.2. The number of amidine groups is 1. The minimum absolute atomic E-state index is 0.107. The summed E-state index contributed by atoms with van der Waals surface area (Å²) in [5.74, 6) is 0.0511. The van der Waals surface area contributed by atoms with Crippen LogP contribution < -0.4 is 10.3 Å². The largest absolute Gasteiger partial charge is 0.490 e. The van der Waals surface area contributed by atoms with Crippen LogP contribution in [0.3, 0.4) is 0 Å². The molecule has 0 saturated heterocycles. The van der Waals surface area contributed by atoms with Gasteiger partial charge in [-0.2, -0.15) is 4.99 Å². The highest BCUT2D eigenvalue weighted by Gasteiger charge is 2.27. The zero-order valence-corrected chi connectivity index (χ0v) is 13.5. The number of carbonyl (C=O) groups is 1. The first-order valence-corrected chi connectivity index (χ1v) is 7.98. The smallest absolute Gasteiger partial charge is 0.260 e. The highest BCUT2D eigenvalue weighted by Crippen LogP contribution is 2.26. The summed E-state index contributed by atoms with van der Waals surface area (Å²) in [6.45, 7) is 2.38. The minimum Gasteiger partial charge on any atom is -0.490 e. The fourth-order valence-electron chi connectivity index (χ4n) is 2.86. The third-order valence-electron chi connectivity index (χ3n) is 4.02. The summed E-state index contributed by atoms with van der Waals surface area (Å²) < 4.78 is 11.2. The Kier molecular flexibility index (Phi) is 3.65. The number of nitrogens with zero attached hydrogens (tertiary/aromatic N) is 2. The van der Waals surface area contributed by atoms with Crippen molar-refractivity contribution >= 4 is 28.4 Å². The van der Waals surface area contributed by atoms with E-state index in [1.54, 1.807) is 30.4 Å². The Morgan fingerprint density at radius 2 is 2.16 bits per heavy atom. The highest BCUT2D eigenvalue weighted by atomic mass is 16.5. The predicted octanol–water partition coefficient (Wildman–Crippen LogP) is 2.78. The number of allylic oxidation sites excluding steroid dienone is 3. The van der Waals surface area contributed by atoms with Gasteiger partial charge in [0.05, 0.1) is 17.9 Å². The maximum atomic E-state index is 12.3. The highest BCUT2D eigenvalue weighted by molar-refractivity contribution is 6.24. The standard InChI is InChI=1S/C19H15N3O3/c1-2-24-15-9-5-6-11-10-13(17(20)25-16(11)15)18-21-14-8-4-3-7-12(14)19(23)22-18/h3-10,12,20H,2H2,1H3. The molecule has 1 unspecified atom stereocenters. The average molecular weight is 333 g/mol. The van der Waals surface area contributed by atoms with Crippen LogP contribution in [0.5, 0.6) is 5.75 Å². The molecular formula is C19H15N3O3. The van der Waals surface area contributed by atoms with Gasteiger partial charge in [0.15, 0.2) is 17.2 Å². The number of aliphatic imine (C=N–C) groups is 2. The zero-order chi connectivity index (χ0) is 17.4. The molecule has 0 saturated carbocycles. The number of amides is 1. The third-order valence-corrected chi connectivity index (χ3v) is 4.02. The maximum Gasteiger partial charge on any atom is 0.260 e. The van der Waals surface area contributed by atoms with Gasteiger partial charge in [0.25, 0.3) is 5.91 Å². The van der Waals surface area contributed by atoms with Crippen molar-refractivity contribution in [2.75, 3.05) is 6.61 Å². The van der Waals surface area contributed by atoms with Crippen LogP contribution in [0.25, 0.3) is 11.0 Å². The van der Waals surface area contributed by atoms with Crippen LogP contribution in [-0.4, -0.2) is 24.1 Å². The van der Waals surface area contributed by atoms with Crippen LogP contribution in [0.15, 0.2) is 63.0 Å². The van der Waals surface area contributed by atoms with E-state index in [1.807, 2.05) is 25.1 Å². The molecule has 6 nitrogen and oxygen atoms in total. The van der Waals surface area contributed by atoms with E-state index in [4.69, 9.17) is 14.6 Å². The van der Waals surface area contributed by atoms with E-state index in [9.17, 15) is 4.79 Å². The lowest BCUT2D eigenvalue weighted by molar-refractivity contribution is -0.118. The van der Waals surface area contributed by atoms with Crippen molar-refractivity contribution in [1.29, 1.82) is 5.41 Å². The Labute approximate surface area is 143 Å². The first kappa shape index (κ1) is 15.3. The fourth-order valence-corrected chi connectivity index (χ4v) is 2.86. The van der Waals surface area contributed by atoms with Crippen LogP contribution in [0, 0.1) is 11.3 Å². The molecule has 1 aliphatic carbocycles. The van der Waals surface area contributed by atoms with Crippen LogP contribution in [0.4, 0.5) is 0 Å². The molecule has 4 rings (SSSR count). The molecule has 2 heterocycles. The number of nitrogens with one attached hydrogen (secondary N) is 1. The lowest BCUT2D eigenvalue weighted by Crippen LogP contribution is -2.29. The molecular weight excluding hydrogens is 318 g/mol. The summed E-state index contributed by atoms with van der Waals surface area (Å²) in [5, 5.41) is 8.96. The second kappa shape index (κ2) is 5.98. The number of hydrogen-bond acceptors (Lipinski definition) is 5. The van der Waals surface area contributed by atoms with Crippen LogP contribution in [0.1, 0.15) is 12.5 Å². The van der Waals surface area contributed by atoms with Gasteiger partial charge in [-0.3, -0.25) is 10.2 Å². The van der Waals surface area contributed by atoms with Gasteiger partial charge in [-0.05, 0) is 25.1 Å². The normalized spacial score (nSPS) is 18.8. The van der Waals surface area contributed by atoms with Gasteiger partial charge in [-0.25, -0.2) is 4.99 Å². The molecule has 2 aromatic rings. The van der Waals surface area contributed by atoms with Gasteiger partial charge < -0.3 is 9.15 Å². The molecule has 1 amide bonds. The van der Waals surface area contributed by atoms with Crippen molar-refractivity contribution in [2.24, 2.45) is 15.9 Å². The van der Waals surface area contributed by atoms with Gasteiger partial charge in [0, 0.05) is 5.39 Å². The Morgan fingerprint density at radius 1 is 1.28 bits per heavy atom. The van der Waals surface area contributed by atoms with Crippen molar-refractivity contribution in [3.8, 4) is 5.75 Å². The summed E-state index contributed by atoms with van der Waals surface area (Å²) in [6.07, 6.45) is 7.18. The molecule has 0 bridgehead atoms. The summed E-state index contributed by atoms with van der Waals surface area (Å²) in [6, 6.07) is 7.25. The van der Waals surface area contributed by atoms with Gasteiger partial charge >= 0.3 is 0 Å². The number of benzene rings is 1. The molecule has 1 N–H and O–H groups in total. The molecule has 0 spiro atoms. The zero-order valence-electron chi connectivity index (χ0n) is 13.5. The second-order valence-electron chi connectivity index (χ2n) is 5.63. The van der Waals surface area contributed by atoms with E-state index in [2.05, 4.69) is 9.98 Å². The van der Waals surface area contributed by atoms with Crippen LogP contribution in [-0.2, 0) is 4.79 Å². The molecule has 1 aliphatic heterocycles. The molecule has 25 heavy (non-hydrogen) atoms.